The fraction of sp³-hybridized carbons (Fsp3) is 0.188. The Bertz CT molecular complexity index is 870. The standard InChI is InChI=1S/C16H16ClFN6S/c1-23-11(5-7-20-23)9-19-16(25)21-15-6-8-24(22-15)10-12-13(17)3-2-4-14(12)18/h2-8H,9-10H2,1H3,(H2,19,21,22,25). The fourth-order valence-corrected chi connectivity index (χ4v) is 2.67. The molecule has 0 bridgehead atoms. The summed E-state index contributed by atoms with van der Waals surface area (Å²) in [6, 6.07) is 8.26. The molecule has 3 rings (SSSR count). The van der Waals surface area contributed by atoms with Crippen molar-refractivity contribution in [1.29, 1.82) is 0 Å². The Morgan fingerprint density at radius 2 is 2.16 bits per heavy atom. The topological polar surface area (TPSA) is 59.7 Å². The van der Waals surface area contributed by atoms with Crippen molar-refractivity contribution in [2.24, 2.45) is 7.05 Å². The lowest BCUT2D eigenvalue weighted by atomic mass is 10.2. The maximum atomic E-state index is 13.8. The summed E-state index contributed by atoms with van der Waals surface area (Å²) in [7, 11) is 1.86. The lowest BCUT2D eigenvalue weighted by Gasteiger charge is -2.09. The molecule has 0 aliphatic rings. The van der Waals surface area contributed by atoms with Crippen LogP contribution in [0.5, 0.6) is 0 Å². The van der Waals surface area contributed by atoms with E-state index in [1.54, 1.807) is 40.0 Å². The smallest absolute Gasteiger partial charge is 0.172 e. The Morgan fingerprint density at radius 1 is 1.32 bits per heavy atom. The highest BCUT2D eigenvalue weighted by Gasteiger charge is 2.09. The zero-order valence-electron chi connectivity index (χ0n) is 13.4. The molecule has 0 amide bonds. The van der Waals surface area contributed by atoms with Gasteiger partial charge in [-0.1, -0.05) is 17.7 Å². The van der Waals surface area contributed by atoms with Gasteiger partial charge in [-0.3, -0.25) is 9.36 Å². The van der Waals surface area contributed by atoms with Gasteiger partial charge < -0.3 is 10.6 Å². The molecule has 130 valence electrons. The number of rotatable bonds is 5. The van der Waals surface area contributed by atoms with Gasteiger partial charge in [-0.2, -0.15) is 10.2 Å². The molecule has 1 aromatic carbocycles. The number of benzene rings is 1. The molecule has 0 unspecified atom stereocenters. The first-order valence-electron chi connectivity index (χ1n) is 7.51. The van der Waals surface area contributed by atoms with E-state index in [1.165, 1.54) is 6.07 Å². The van der Waals surface area contributed by atoms with Crippen LogP contribution in [0, 0.1) is 5.82 Å². The summed E-state index contributed by atoms with van der Waals surface area (Å²) < 4.78 is 17.2. The molecule has 2 N–H and O–H groups in total. The molecule has 0 saturated heterocycles. The van der Waals surface area contributed by atoms with Crippen molar-refractivity contribution in [2.45, 2.75) is 13.1 Å². The Kier molecular flexibility index (Phi) is 5.30. The summed E-state index contributed by atoms with van der Waals surface area (Å²) >= 11 is 11.3. The van der Waals surface area contributed by atoms with Crippen molar-refractivity contribution in [3.05, 3.63) is 64.8 Å². The Balaban J connectivity index is 1.58. The van der Waals surface area contributed by atoms with Crippen LogP contribution in [-0.2, 0) is 20.1 Å². The number of hydrogen-bond donors (Lipinski definition) is 2. The van der Waals surface area contributed by atoms with Gasteiger partial charge in [0.05, 0.1) is 18.8 Å². The second-order valence-electron chi connectivity index (χ2n) is 5.35. The third-order valence-electron chi connectivity index (χ3n) is 3.62. The summed E-state index contributed by atoms with van der Waals surface area (Å²) in [5.74, 6) is 0.209. The highest BCUT2D eigenvalue weighted by molar-refractivity contribution is 7.80. The van der Waals surface area contributed by atoms with Crippen molar-refractivity contribution in [3.8, 4) is 0 Å². The van der Waals surface area contributed by atoms with Crippen molar-refractivity contribution in [3.63, 3.8) is 0 Å². The van der Waals surface area contributed by atoms with Gasteiger partial charge in [0.15, 0.2) is 10.9 Å². The van der Waals surface area contributed by atoms with E-state index in [-0.39, 0.29) is 12.4 Å². The minimum absolute atomic E-state index is 0.238. The summed E-state index contributed by atoms with van der Waals surface area (Å²) in [6.45, 7) is 0.788. The summed E-state index contributed by atoms with van der Waals surface area (Å²) in [5.41, 5.74) is 1.40. The first kappa shape index (κ1) is 17.4. The number of aryl methyl sites for hydroxylation is 1. The van der Waals surface area contributed by atoms with Gasteiger partial charge in [-0.05, 0) is 30.4 Å². The third kappa shape index (κ3) is 4.34. The lowest BCUT2D eigenvalue weighted by Crippen LogP contribution is -2.29. The van der Waals surface area contributed by atoms with E-state index in [4.69, 9.17) is 23.8 Å². The number of nitrogens with zero attached hydrogens (tertiary/aromatic N) is 4. The third-order valence-corrected chi connectivity index (χ3v) is 4.22. The normalized spacial score (nSPS) is 10.7. The van der Waals surface area contributed by atoms with Crippen molar-refractivity contribution in [2.75, 3.05) is 5.32 Å². The van der Waals surface area contributed by atoms with Crippen LogP contribution in [0.2, 0.25) is 5.02 Å². The largest absolute Gasteiger partial charge is 0.357 e. The molecule has 0 radical (unpaired) electrons. The maximum Gasteiger partial charge on any atom is 0.172 e. The van der Waals surface area contributed by atoms with Crippen molar-refractivity contribution < 1.29 is 4.39 Å². The number of nitrogens with one attached hydrogen (secondary N) is 2. The number of aromatic nitrogens is 4. The van der Waals surface area contributed by atoms with Crippen LogP contribution in [0.25, 0.3) is 0 Å². The van der Waals surface area contributed by atoms with Gasteiger partial charge in [0.2, 0.25) is 0 Å². The quantitative estimate of drug-likeness (QED) is 0.668. The number of anilines is 1. The molecule has 0 spiro atoms. The predicted molar refractivity (Wildman–Crippen MR) is 99.0 cm³/mol. The summed E-state index contributed by atoms with van der Waals surface area (Å²) in [5, 5.41) is 15.3. The van der Waals surface area contributed by atoms with Crippen molar-refractivity contribution >= 4 is 34.7 Å². The minimum Gasteiger partial charge on any atom is -0.357 e. The Hall–Kier alpha value is -2.45. The molecule has 0 atom stereocenters. The average molecular weight is 379 g/mol. The summed E-state index contributed by atoms with van der Waals surface area (Å²) in [6.07, 6.45) is 3.46. The van der Waals surface area contributed by atoms with Gasteiger partial charge >= 0.3 is 0 Å². The minimum atomic E-state index is -0.356. The second kappa shape index (κ2) is 7.62. The maximum absolute atomic E-state index is 13.8. The second-order valence-corrected chi connectivity index (χ2v) is 6.17. The van der Waals surface area contributed by atoms with Crippen LogP contribution in [0.15, 0.2) is 42.7 Å². The molecule has 9 heteroatoms. The molecule has 6 nitrogen and oxygen atoms in total. The molecule has 0 aliphatic heterocycles. The van der Waals surface area contributed by atoms with Crippen LogP contribution in [-0.4, -0.2) is 24.7 Å². The Labute approximate surface area is 154 Å². The monoisotopic (exact) mass is 378 g/mol. The first-order valence-corrected chi connectivity index (χ1v) is 8.29. The van der Waals surface area contributed by atoms with E-state index in [1.807, 2.05) is 13.1 Å². The molecule has 2 heterocycles. The number of halogens is 2. The molecule has 2 aromatic heterocycles. The average Bonchev–Trinajstić information content (AvgIpc) is 3.18. The van der Waals surface area contributed by atoms with Crippen LogP contribution in [0.4, 0.5) is 10.2 Å². The molecule has 0 fully saturated rings. The van der Waals surface area contributed by atoms with E-state index in [9.17, 15) is 4.39 Å². The van der Waals surface area contributed by atoms with Crippen LogP contribution >= 0.6 is 23.8 Å². The highest BCUT2D eigenvalue weighted by Crippen LogP contribution is 2.20. The SMILES string of the molecule is Cn1nccc1CNC(=S)Nc1ccn(Cc2c(F)cccc2Cl)n1. The zero-order valence-corrected chi connectivity index (χ0v) is 15.0. The highest BCUT2D eigenvalue weighted by atomic mass is 35.5. The molecular weight excluding hydrogens is 363 g/mol. The van der Waals surface area contributed by atoms with Crippen LogP contribution in [0.1, 0.15) is 11.3 Å². The lowest BCUT2D eigenvalue weighted by molar-refractivity contribution is 0.586. The Morgan fingerprint density at radius 3 is 2.88 bits per heavy atom. The van der Waals surface area contributed by atoms with Crippen LogP contribution in [0.3, 0.4) is 0 Å². The molecule has 0 saturated carbocycles. The first-order chi connectivity index (χ1) is 12.0. The van der Waals surface area contributed by atoms with E-state index in [0.717, 1.165) is 5.69 Å². The van der Waals surface area contributed by atoms with Gasteiger partial charge in [-0.25, -0.2) is 4.39 Å². The van der Waals surface area contributed by atoms with Gasteiger partial charge in [0.25, 0.3) is 0 Å². The van der Waals surface area contributed by atoms with Gasteiger partial charge in [-0.15, -0.1) is 0 Å². The number of thiocarbonyl (C=S) groups is 1. The predicted octanol–water partition coefficient (Wildman–Crippen LogP) is 2.94. The molecule has 0 aliphatic carbocycles. The zero-order chi connectivity index (χ0) is 17.8. The molecule has 25 heavy (non-hydrogen) atoms. The fourth-order valence-electron chi connectivity index (χ4n) is 2.27. The van der Waals surface area contributed by atoms with E-state index in [2.05, 4.69) is 20.8 Å². The van der Waals surface area contributed by atoms with E-state index < -0.39 is 0 Å². The summed E-state index contributed by atoms with van der Waals surface area (Å²) in [4.78, 5) is 0. The van der Waals surface area contributed by atoms with E-state index >= 15 is 0 Å². The number of hydrogen-bond acceptors (Lipinski definition) is 3. The van der Waals surface area contributed by atoms with Crippen molar-refractivity contribution in [1.82, 2.24) is 24.9 Å². The van der Waals surface area contributed by atoms with E-state index in [0.29, 0.717) is 28.1 Å². The van der Waals surface area contributed by atoms with Gasteiger partial charge in [0.1, 0.15) is 5.82 Å². The van der Waals surface area contributed by atoms with Gasteiger partial charge in [0, 0.05) is 36.1 Å². The molecular formula is C16H16ClFN6S. The van der Waals surface area contributed by atoms with Crippen LogP contribution < -0.4 is 10.6 Å². The molecule has 3 aromatic rings.